The quantitative estimate of drug-likeness (QED) is 0.759. The van der Waals surface area contributed by atoms with Gasteiger partial charge in [-0.1, -0.05) is 38.5 Å². The molecule has 0 unspecified atom stereocenters. The van der Waals surface area contributed by atoms with E-state index in [2.05, 4.69) is 32.2 Å². The van der Waals surface area contributed by atoms with E-state index in [1.165, 1.54) is 0 Å². The number of aryl methyl sites for hydroxylation is 1. The van der Waals surface area contributed by atoms with Crippen LogP contribution in [0.15, 0.2) is 18.2 Å². The van der Waals surface area contributed by atoms with Crippen LogP contribution in [-0.4, -0.2) is 30.1 Å². The third-order valence-corrected chi connectivity index (χ3v) is 3.19. The van der Waals surface area contributed by atoms with Crippen molar-refractivity contribution in [3.8, 4) is 5.75 Å². The number of carboxylic acid groups (broad SMARTS) is 1. The van der Waals surface area contributed by atoms with Crippen molar-refractivity contribution in [2.24, 2.45) is 0 Å². The summed E-state index contributed by atoms with van der Waals surface area (Å²) < 4.78 is 5.63. The van der Waals surface area contributed by atoms with E-state index < -0.39 is 5.97 Å². The summed E-state index contributed by atoms with van der Waals surface area (Å²) in [5, 5.41) is 11.2. The third kappa shape index (κ3) is 6.16. The molecule has 2 N–H and O–H groups in total. The van der Waals surface area contributed by atoms with Crippen molar-refractivity contribution >= 4 is 11.9 Å². The Bertz CT molecular complexity index is 532. The Morgan fingerprint density at radius 3 is 2.55 bits per heavy atom. The molecule has 122 valence electrons. The van der Waals surface area contributed by atoms with E-state index in [4.69, 9.17) is 9.84 Å². The highest BCUT2D eigenvalue weighted by atomic mass is 16.5. The van der Waals surface area contributed by atoms with Gasteiger partial charge in [-0.25, -0.2) is 0 Å². The molecule has 1 aromatic rings. The summed E-state index contributed by atoms with van der Waals surface area (Å²) in [6, 6.07) is 5.91. The molecule has 0 aliphatic carbocycles. The molecule has 0 radical (unpaired) electrons. The normalized spacial score (nSPS) is 11.1. The Balaban J connectivity index is 2.54. The van der Waals surface area contributed by atoms with E-state index >= 15 is 0 Å². The van der Waals surface area contributed by atoms with Crippen LogP contribution >= 0.6 is 0 Å². The first-order valence-electron chi connectivity index (χ1n) is 7.42. The summed E-state index contributed by atoms with van der Waals surface area (Å²) in [5.74, 6) is -0.399. The van der Waals surface area contributed by atoms with Crippen LogP contribution in [0.2, 0.25) is 0 Å². The minimum absolute atomic E-state index is 0.0489. The number of hydrogen-bond acceptors (Lipinski definition) is 3. The molecule has 22 heavy (non-hydrogen) atoms. The molecule has 0 aliphatic rings. The van der Waals surface area contributed by atoms with Gasteiger partial charge < -0.3 is 15.2 Å². The number of carbonyl (C=O) groups excluding carboxylic acids is 1. The number of rotatable bonds is 7. The third-order valence-electron chi connectivity index (χ3n) is 3.19. The first kappa shape index (κ1) is 18.0. The average molecular weight is 307 g/mol. The summed E-state index contributed by atoms with van der Waals surface area (Å²) in [6.07, 6.45) is 0.464. The Morgan fingerprint density at radius 1 is 1.27 bits per heavy atom. The highest BCUT2D eigenvalue weighted by molar-refractivity contribution is 5.77. The van der Waals surface area contributed by atoms with Gasteiger partial charge in [0.1, 0.15) is 5.75 Å². The number of carbonyl (C=O) groups is 2. The van der Waals surface area contributed by atoms with Gasteiger partial charge >= 0.3 is 5.97 Å². The van der Waals surface area contributed by atoms with Gasteiger partial charge in [0.05, 0.1) is 0 Å². The second-order valence-corrected chi connectivity index (χ2v) is 6.39. The van der Waals surface area contributed by atoms with Crippen LogP contribution in [0.1, 0.15) is 44.7 Å². The zero-order valence-electron chi connectivity index (χ0n) is 13.7. The molecular formula is C17H25NO4. The fraction of sp³-hybridized carbons (Fsp3) is 0.529. The molecule has 0 atom stereocenters. The molecule has 0 aromatic heterocycles. The predicted octanol–water partition coefficient (Wildman–Crippen LogP) is 2.65. The molecule has 1 aromatic carbocycles. The summed E-state index contributed by atoms with van der Waals surface area (Å²) in [6.45, 7) is 8.59. The van der Waals surface area contributed by atoms with Crippen molar-refractivity contribution in [2.45, 2.75) is 46.0 Å². The number of carboxylic acids is 1. The number of ether oxygens (including phenoxy) is 1. The lowest BCUT2D eigenvalue weighted by molar-refractivity contribution is -0.137. The number of amides is 1. The van der Waals surface area contributed by atoms with Crippen molar-refractivity contribution < 1.29 is 19.4 Å². The van der Waals surface area contributed by atoms with Crippen LogP contribution in [-0.2, 0) is 15.0 Å². The molecular weight excluding hydrogens is 282 g/mol. The van der Waals surface area contributed by atoms with Gasteiger partial charge in [-0.15, -0.1) is 0 Å². The Hall–Kier alpha value is -2.04. The molecule has 0 saturated carbocycles. The van der Waals surface area contributed by atoms with Crippen molar-refractivity contribution in [2.75, 3.05) is 13.2 Å². The van der Waals surface area contributed by atoms with Crippen LogP contribution in [0.5, 0.6) is 5.75 Å². The summed E-state index contributed by atoms with van der Waals surface area (Å²) in [5.41, 5.74) is 2.14. The Kier molecular flexibility index (Phi) is 6.40. The van der Waals surface area contributed by atoms with Crippen LogP contribution in [0.25, 0.3) is 0 Å². The SMILES string of the molecule is Cc1ccc(OCC(=O)NCCCC(=O)O)c(C(C)(C)C)c1. The molecule has 0 bridgehead atoms. The van der Waals surface area contributed by atoms with Crippen molar-refractivity contribution in [3.63, 3.8) is 0 Å². The van der Waals surface area contributed by atoms with E-state index in [0.29, 0.717) is 18.7 Å². The molecule has 5 nitrogen and oxygen atoms in total. The maximum Gasteiger partial charge on any atom is 0.303 e. The van der Waals surface area contributed by atoms with Gasteiger partial charge in [0.2, 0.25) is 0 Å². The van der Waals surface area contributed by atoms with E-state index in [0.717, 1.165) is 11.1 Å². The number of nitrogens with one attached hydrogen (secondary N) is 1. The van der Waals surface area contributed by atoms with E-state index in [1.807, 2.05) is 19.1 Å². The number of hydrogen-bond donors (Lipinski definition) is 2. The summed E-state index contributed by atoms with van der Waals surface area (Å²) in [7, 11) is 0. The highest BCUT2D eigenvalue weighted by Gasteiger charge is 2.19. The summed E-state index contributed by atoms with van der Waals surface area (Å²) >= 11 is 0. The van der Waals surface area contributed by atoms with Gasteiger partial charge in [0, 0.05) is 13.0 Å². The van der Waals surface area contributed by atoms with Gasteiger partial charge in [0.25, 0.3) is 5.91 Å². The Labute approximate surface area is 131 Å². The van der Waals surface area contributed by atoms with Gasteiger partial charge in [0.15, 0.2) is 6.61 Å². The smallest absolute Gasteiger partial charge is 0.303 e. The maximum absolute atomic E-state index is 11.7. The molecule has 0 spiro atoms. The van der Waals surface area contributed by atoms with E-state index in [-0.39, 0.29) is 24.3 Å². The number of benzene rings is 1. The van der Waals surface area contributed by atoms with Crippen LogP contribution in [0.4, 0.5) is 0 Å². The van der Waals surface area contributed by atoms with E-state index in [1.54, 1.807) is 0 Å². The van der Waals surface area contributed by atoms with Crippen LogP contribution in [0.3, 0.4) is 0 Å². The minimum atomic E-state index is -0.861. The lowest BCUT2D eigenvalue weighted by atomic mass is 9.85. The van der Waals surface area contributed by atoms with E-state index in [9.17, 15) is 9.59 Å². The first-order chi connectivity index (χ1) is 10.2. The molecule has 0 saturated heterocycles. The zero-order chi connectivity index (χ0) is 16.8. The van der Waals surface area contributed by atoms with Crippen LogP contribution < -0.4 is 10.1 Å². The predicted molar refractivity (Wildman–Crippen MR) is 85.3 cm³/mol. The summed E-state index contributed by atoms with van der Waals surface area (Å²) in [4.78, 5) is 22.1. The lowest BCUT2D eigenvalue weighted by Gasteiger charge is -2.23. The van der Waals surface area contributed by atoms with Gasteiger partial charge in [-0.05, 0) is 30.4 Å². The highest BCUT2D eigenvalue weighted by Crippen LogP contribution is 2.32. The molecule has 1 rings (SSSR count). The largest absolute Gasteiger partial charge is 0.483 e. The fourth-order valence-corrected chi connectivity index (χ4v) is 2.02. The topological polar surface area (TPSA) is 75.6 Å². The lowest BCUT2D eigenvalue weighted by Crippen LogP contribution is -2.30. The zero-order valence-corrected chi connectivity index (χ0v) is 13.7. The minimum Gasteiger partial charge on any atom is -0.483 e. The second-order valence-electron chi connectivity index (χ2n) is 6.39. The van der Waals surface area contributed by atoms with Crippen molar-refractivity contribution in [3.05, 3.63) is 29.3 Å². The van der Waals surface area contributed by atoms with Gasteiger partial charge in [-0.3, -0.25) is 9.59 Å². The second kappa shape index (κ2) is 7.82. The van der Waals surface area contributed by atoms with Gasteiger partial charge in [-0.2, -0.15) is 0 Å². The molecule has 1 amide bonds. The standard InChI is InChI=1S/C17H25NO4/c1-12-7-8-14(13(10-12)17(2,3)4)22-11-15(19)18-9-5-6-16(20)21/h7-8,10H,5-6,9,11H2,1-4H3,(H,18,19)(H,20,21). The Morgan fingerprint density at radius 2 is 1.95 bits per heavy atom. The fourth-order valence-electron chi connectivity index (χ4n) is 2.02. The number of aliphatic carboxylic acids is 1. The van der Waals surface area contributed by atoms with Crippen LogP contribution in [0, 0.1) is 6.92 Å². The molecule has 5 heteroatoms. The maximum atomic E-state index is 11.7. The monoisotopic (exact) mass is 307 g/mol. The first-order valence-corrected chi connectivity index (χ1v) is 7.42. The van der Waals surface area contributed by atoms with Crippen molar-refractivity contribution in [1.29, 1.82) is 0 Å². The molecule has 0 heterocycles. The molecule has 0 fully saturated rings. The molecule has 0 aliphatic heterocycles. The van der Waals surface area contributed by atoms with Crippen molar-refractivity contribution in [1.82, 2.24) is 5.32 Å². The average Bonchev–Trinajstić information content (AvgIpc) is 2.41.